The van der Waals surface area contributed by atoms with Crippen LogP contribution in [0, 0.1) is 5.92 Å². The number of β-lactam (4-membered cyclic amide) rings is 1. The Kier molecular flexibility index (Phi) is 5.59. The summed E-state index contributed by atoms with van der Waals surface area (Å²) < 4.78 is 36.7. The molecule has 3 heterocycles. The molecule has 1 aromatic heterocycles. The number of carbonyl (C=O) groups is 4. The van der Waals surface area contributed by atoms with Crippen LogP contribution in [0.1, 0.15) is 44.3 Å². The Balaban J connectivity index is 2.08. The first kappa shape index (κ1) is 22.7. The fourth-order valence-electron chi connectivity index (χ4n) is 4.23. The van der Waals surface area contributed by atoms with E-state index in [2.05, 4.69) is 6.58 Å². The Hall–Kier alpha value is -2.95. The molecular formula is C20H24N2O8S. The normalized spacial score (nSPS) is 26.4. The minimum atomic E-state index is -4.08. The van der Waals surface area contributed by atoms with Gasteiger partial charge in [0.25, 0.3) is 0 Å². The number of rotatable bonds is 6. The second kappa shape index (κ2) is 7.63. The van der Waals surface area contributed by atoms with Crippen molar-refractivity contribution in [3.05, 3.63) is 36.7 Å². The van der Waals surface area contributed by atoms with Gasteiger partial charge in [0, 0.05) is 20.0 Å². The summed E-state index contributed by atoms with van der Waals surface area (Å²) in [5.74, 6) is -4.00. The van der Waals surface area contributed by atoms with Gasteiger partial charge in [-0.05, 0) is 26.0 Å². The predicted molar refractivity (Wildman–Crippen MR) is 107 cm³/mol. The van der Waals surface area contributed by atoms with Gasteiger partial charge >= 0.3 is 11.9 Å². The van der Waals surface area contributed by atoms with Crippen molar-refractivity contribution in [3.63, 3.8) is 0 Å². The molecule has 2 aliphatic rings. The van der Waals surface area contributed by atoms with Crippen LogP contribution in [0.25, 0.3) is 0 Å². The molecule has 1 unspecified atom stereocenters. The molecule has 0 N–H and O–H groups in total. The van der Waals surface area contributed by atoms with Crippen molar-refractivity contribution in [1.82, 2.24) is 9.47 Å². The second-order valence-electron chi connectivity index (χ2n) is 7.98. The van der Waals surface area contributed by atoms with Gasteiger partial charge < -0.3 is 14.4 Å². The third-order valence-electron chi connectivity index (χ3n) is 5.71. The first-order chi connectivity index (χ1) is 14.4. The number of hydrogen-bond donors (Lipinski definition) is 0. The molecule has 3 rings (SSSR count). The molecule has 0 aliphatic carbocycles. The number of nitrogens with zero attached hydrogens (tertiary/aromatic N) is 2. The van der Waals surface area contributed by atoms with Crippen molar-refractivity contribution in [3.8, 4) is 0 Å². The summed E-state index contributed by atoms with van der Waals surface area (Å²) in [6, 6.07) is 1.65. The maximum atomic E-state index is 13.4. The van der Waals surface area contributed by atoms with Crippen LogP contribution < -0.4 is 0 Å². The summed E-state index contributed by atoms with van der Waals surface area (Å²) in [6.45, 7) is 8.42. The van der Waals surface area contributed by atoms with Crippen molar-refractivity contribution in [2.45, 2.75) is 50.0 Å². The molecule has 0 aromatic carbocycles. The molecule has 2 fully saturated rings. The Morgan fingerprint density at radius 1 is 1.29 bits per heavy atom. The molecule has 1 aromatic rings. The largest absolute Gasteiger partial charge is 0.460 e. The number of amides is 1. The number of carbonyl (C=O) groups excluding carboxylic acids is 4. The fraction of sp³-hybridized carbons (Fsp3) is 0.500. The van der Waals surface area contributed by atoms with E-state index in [1.807, 2.05) is 0 Å². The number of fused-ring (bicyclic) bond motifs is 1. The highest BCUT2D eigenvalue weighted by Crippen LogP contribution is 2.53. The van der Waals surface area contributed by atoms with Gasteiger partial charge in [-0.1, -0.05) is 12.7 Å². The molecule has 0 bridgehead atoms. The van der Waals surface area contributed by atoms with E-state index < -0.39 is 61.8 Å². The molecule has 0 radical (unpaired) electrons. The van der Waals surface area contributed by atoms with Crippen LogP contribution in [-0.2, 0) is 33.7 Å². The lowest BCUT2D eigenvalue weighted by Gasteiger charge is -2.45. The van der Waals surface area contributed by atoms with Crippen LogP contribution >= 0.6 is 0 Å². The summed E-state index contributed by atoms with van der Waals surface area (Å²) in [4.78, 5) is 50.5. The first-order valence-electron chi connectivity index (χ1n) is 9.56. The van der Waals surface area contributed by atoms with Crippen molar-refractivity contribution >= 4 is 33.6 Å². The van der Waals surface area contributed by atoms with Gasteiger partial charge in [-0.25, -0.2) is 13.2 Å². The van der Waals surface area contributed by atoms with Crippen LogP contribution in [0.4, 0.5) is 0 Å². The quantitative estimate of drug-likeness (QED) is 0.353. The lowest BCUT2D eigenvalue weighted by atomic mass is 9.86. The second-order valence-corrected chi connectivity index (χ2v) is 10.6. The molecule has 0 spiro atoms. The number of ether oxygens (including phenoxy) is 2. The van der Waals surface area contributed by atoms with Crippen LogP contribution in [0.5, 0.6) is 0 Å². The SMILES string of the molecule is C=CCOC(=O)[C@@H]1N2C(=O)[C@@H](C(OC(C)=O)c3cccn3C(C)=O)[C@H]2S(=O)(=O)C1(C)C. The zero-order chi connectivity index (χ0) is 23.3. The monoisotopic (exact) mass is 452 g/mol. The molecule has 11 heteroatoms. The fourth-order valence-corrected chi connectivity index (χ4v) is 6.55. The smallest absolute Gasteiger partial charge is 0.330 e. The lowest BCUT2D eigenvalue weighted by molar-refractivity contribution is -0.177. The van der Waals surface area contributed by atoms with Gasteiger partial charge in [-0.3, -0.25) is 19.0 Å². The van der Waals surface area contributed by atoms with Crippen LogP contribution in [0.15, 0.2) is 31.0 Å². The molecule has 4 atom stereocenters. The maximum absolute atomic E-state index is 13.4. The third kappa shape index (κ3) is 3.27. The molecule has 2 saturated heterocycles. The number of hydrogen-bond acceptors (Lipinski definition) is 8. The standard InChI is InChI=1S/C20H24N2O8S/c1-6-10-29-19(26)16-20(4,5)31(27,28)18-14(17(25)22(16)18)15(30-12(3)24)13-8-7-9-21(13)11(2)23/h6-9,14-16,18H,1,10H2,2-5H3/t14-,15?,16+,18-/m1/s1. The van der Waals surface area contributed by atoms with E-state index in [0.717, 1.165) is 11.8 Å². The average molecular weight is 452 g/mol. The van der Waals surface area contributed by atoms with Crippen molar-refractivity contribution in [2.75, 3.05) is 6.61 Å². The van der Waals surface area contributed by atoms with Gasteiger partial charge in [0.2, 0.25) is 11.8 Å². The third-order valence-corrected chi connectivity index (χ3v) is 8.55. The van der Waals surface area contributed by atoms with E-state index in [4.69, 9.17) is 9.47 Å². The number of esters is 2. The predicted octanol–water partition coefficient (Wildman–Crippen LogP) is 0.842. The molecule has 2 aliphatic heterocycles. The minimum Gasteiger partial charge on any atom is -0.460 e. The van der Waals surface area contributed by atoms with Crippen LogP contribution in [-0.4, -0.2) is 64.4 Å². The van der Waals surface area contributed by atoms with E-state index >= 15 is 0 Å². The molecule has 1 amide bonds. The van der Waals surface area contributed by atoms with Gasteiger partial charge in [0.05, 0.1) is 10.4 Å². The van der Waals surface area contributed by atoms with E-state index in [1.165, 1.54) is 49.7 Å². The first-order valence-corrected chi connectivity index (χ1v) is 11.1. The summed E-state index contributed by atoms with van der Waals surface area (Å²) in [5, 5.41) is -1.41. The Morgan fingerprint density at radius 3 is 2.48 bits per heavy atom. The zero-order valence-corrected chi connectivity index (χ0v) is 18.4. The van der Waals surface area contributed by atoms with Gasteiger partial charge in [0.15, 0.2) is 21.3 Å². The van der Waals surface area contributed by atoms with Crippen molar-refractivity contribution in [1.29, 1.82) is 0 Å². The van der Waals surface area contributed by atoms with E-state index in [0.29, 0.717) is 0 Å². The minimum absolute atomic E-state index is 0.135. The molecule has 168 valence electrons. The maximum Gasteiger partial charge on any atom is 0.330 e. The molecule has 31 heavy (non-hydrogen) atoms. The van der Waals surface area contributed by atoms with Gasteiger partial charge in [0.1, 0.15) is 18.6 Å². The highest BCUT2D eigenvalue weighted by atomic mass is 32.2. The Bertz CT molecular complexity index is 1070. The van der Waals surface area contributed by atoms with Crippen molar-refractivity contribution in [2.24, 2.45) is 5.92 Å². The van der Waals surface area contributed by atoms with E-state index in [9.17, 15) is 27.6 Å². The summed E-state index contributed by atoms with van der Waals surface area (Å²) >= 11 is 0. The molecule has 10 nitrogen and oxygen atoms in total. The van der Waals surface area contributed by atoms with Crippen molar-refractivity contribution < 1.29 is 37.1 Å². The summed E-state index contributed by atoms with van der Waals surface area (Å²) in [7, 11) is -4.08. The zero-order valence-electron chi connectivity index (χ0n) is 17.6. The van der Waals surface area contributed by atoms with Crippen LogP contribution in [0.3, 0.4) is 0 Å². The average Bonchev–Trinajstić information content (AvgIpc) is 3.20. The van der Waals surface area contributed by atoms with Gasteiger partial charge in [-0.15, -0.1) is 0 Å². The topological polar surface area (TPSA) is 129 Å². The van der Waals surface area contributed by atoms with Crippen LogP contribution in [0.2, 0.25) is 0 Å². The van der Waals surface area contributed by atoms with Gasteiger partial charge in [-0.2, -0.15) is 0 Å². The Morgan fingerprint density at radius 2 is 1.94 bits per heavy atom. The van der Waals surface area contributed by atoms with E-state index in [-0.39, 0.29) is 12.3 Å². The highest BCUT2D eigenvalue weighted by Gasteiger charge is 2.74. The lowest BCUT2D eigenvalue weighted by Crippen LogP contribution is -2.65. The van der Waals surface area contributed by atoms with E-state index in [1.54, 1.807) is 0 Å². The number of aromatic nitrogens is 1. The summed E-state index contributed by atoms with van der Waals surface area (Å²) in [6.07, 6.45) is 1.44. The number of sulfone groups is 1. The highest BCUT2D eigenvalue weighted by molar-refractivity contribution is 7.93. The molecule has 0 saturated carbocycles. The Labute approximate surface area is 179 Å². The summed E-state index contributed by atoms with van der Waals surface area (Å²) in [5.41, 5.74) is 0.173. The molecular weight excluding hydrogens is 428 g/mol.